The van der Waals surface area contributed by atoms with Crippen molar-refractivity contribution >= 4 is 0 Å². The van der Waals surface area contributed by atoms with Crippen molar-refractivity contribution < 1.29 is 30.6 Å². The maximum absolute atomic E-state index is 12.3. The normalized spacial score (nSPS) is 58.8. The van der Waals surface area contributed by atoms with Gasteiger partial charge in [-0.3, -0.25) is 0 Å². The zero-order valence-electron chi connectivity index (χ0n) is 20.6. The van der Waals surface area contributed by atoms with Crippen molar-refractivity contribution in [2.45, 2.75) is 109 Å². The lowest BCUT2D eigenvalue weighted by molar-refractivity contribution is -0.264. The second-order valence-corrected chi connectivity index (χ2v) is 13.4. The zero-order chi connectivity index (χ0) is 23.9. The summed E-state index contributed by atoms with van der Waals surface area (Å²) in [6, 6.07) is 0. The van der Waals surface area contributed by atoms with E-state index in [1.54, 1.807) is 0 Å². The zero-order valence-corrected chi connectivity index (χ0v) is 20.6. The first-order valence-corrected chi connectivity index (χ1v) is 13.5. The molecule has 0 amide bonds. The van der Waals surface area contributed by atoms with Gasteiger partial charge in [0.1, 0.15) is 0 Å². The van der Waals surface area contributed by atoms with Gasteiger partial charge in [-0.15, -0.1) is 0 Å². The first-order chi connectivity index (χ1) is 15.5. The van der Waals surface area contributed by atoms with Crippen LogP contribution in [-0.4, -0.2) is 67.3 Å². The summed E-state index contributed by atoms with van der Waals surface area (Å²) in [7, 11) is 0. The highest BCUT2D eigenvalue weighted by molar-refractivity contribution is 5.21. The molecule has 5 saturated carbocycles. The molecular weight excluding hydrogens is 420 g/mol. The average molecular weight is 467 g/mol. The molecule has 190 valence electrons. The quantitative estimate of drug-likeness (QED) is 0.369. The van der Waals surface area contributed by atoms with E-state index in [1.807, 2.05) is 0 Å². The summed E-state index contributed by atoms with van der Waals surface area (Å²) in [5, 5.41) is 65.9. The molecule has 5 aliphatic carbocycles. The monoisotopic (exact) mass is 466 g/mol. The van der Waals surface area contributed by atoms with E-state index in [9.17, 15) is 30.6 Å². The van der Waals surface area contributed by atoms with E-state index in [4.69, 9.17) is 0 Å². The first kappa shape index (κ1) is 24.5. The van der Waals surface area contributed by atoms with Crippen molar-refractivity contribution in [3.8, 4) is 0 Å². The molecule has 0 heterocycles. The van der Waals surface area contributed by atoms with Crippen molar-refractivity contribution in [3.63, 3.8) is 0 Å². The molecule has 0 spiro atoms. The number of rotatable bonds is 5. The van der Waals surface area contributed by atoms with E-state index in [2.05, 4.69) is 20.8 Å². The first-order valence-electron chi connectivity index (χ1n) is 13.5. The van der Waals surface area contributed by atoms with E-state index in [0.29, 0.717) is 24.7 Å². The molecule has 0 aromatic carbocycles. The fraction of sp³-hybridized carbons (Fsp3) is 1.00. The van der Waals surface area contributed by atoms with Crippen molar-refractivity contribution in [2.75, 3.05) is 6.61 Å². The smallest absolute Gasteiger partial charge is 0.0863 e. The topological polar surface area (TPSA) is 121 Å². The Morgan fingerprint density at radius 3 is 2.27 bits per heavy atom. The van der Waals surface area contributed by atoms with E-state index in [0.717, 1.165) is 38.5 Å². The molecule has 5 fully saturated rings. The molecular formula is C27H46O6. The van der Waals surface area contributed by atoms with Crippen LogP contribution in [0.5, 0.6) is 0 Å². The lowest BCUT2D eigenvalue weighted by atomic mass is 9.42. The van der Waals surface area contributed by atoms with Crippen molar-refractivity contribution in [3.05, 3.63) is 0 Å². The van der Waals surface area contributed by atoms with Gasteiger partial charge in [0.2, 0.25) is 0 Å². The number of fused-ring (bicyclic) bond motifs is 5. The predicted octanol–water partition coefficient (Wildman–Crippen LogP) is 2.08. The Morgan fingerprint density at radius 1 is 0.909 bits per heavy atom. The Balaban J connectivity index is 1.42. The van der Waals surface area contributed by atoms with Gasteiger partial charge in [0, 0.05) is 18.9 Å². The van der Waals surface area contributed by atoms with Crippen LogP contribution < -0.4 is 0 Å². The standard InChI is InChI=1S/C27H46O6/c1-14(4-5-15-10-16(15)13-28)21-22(31)23(32)24-26(21,3)9-7-20-25(2)8-6-17(29)11-18(25)19(30)12-27(20,24)33/h14-24,28-33H,4-13H2,1-3H3/t14-,15+,16+,17+,18-,19+,20-,21+,22-,23+,24-,25+,26-,27+/m1/s1. The summed E-state index contributed by atoms with van der Waals surface area (Å²) < 4.78 is 0. The number of hydrogen-bond donors (Lipinski definition) is 6. The highest BCUT2D eigenvalue weighted by Crippen LogP contribution is 2.69. The van der Waals surface area contributed by atoms with Gasteiger partial charge in [0.25, 0.3) is 0 Å². The average Bonchev–Trinajstić information content (AvgIpc) is 3.47. The molecule has 0 saturated heterocycles. The molecule has 14 atom stereocenters. The van der Waals surface area contributed by atoms with Gasteiger partial charge in [-0.2, -0.15) is 0 Å². The second-order valence-electron chi connectivity index (χ2n) is 13.4. The fourth-order valence-electron chi connectivity index (χ4n) is 10.1. The van der Waals surface area contributed by atoms with Crippen LogP contribution in [-0.2, 0) is 0 Å². The lowest BCUT2D eigenvalue weighted by Gasteiger charge is -2.65. The molecule has 33 heavy (non-hydrogen) atoms. The SMILES string of the molecule is C[C@H](CC[C@H]1C[C@H]1CO)[C@H]1[C@@H](O)[C@H](O)[C@@H]2[C@]1(C)CC[C@@H]1[C@@]3(C)CC[C@H](O)C[C@@H]3[C@@H](O)C[C@]12O. The third kappa shape index (κ3) is 3.49. The largest absolute Gasteiger partial charge is 0.396 e. The molecule has 6 nitrogen and oxygen atoms in total. The molecule has 0 radical (unpaired) electrons. The van der Waals surface area contributed by atoms with Gasteiger partial charge in [-0.05, 0) is 91.3 Å². The van der Waals surface area contributed by atoms with Crippen LogP contribution in [0, 0.1) is 52.3 Å². The van der Waals surface area contributed by atoms with E-state index >= 15 is 0 Å². The van der Waals surface area contributed by atoms with Gasteiger partial charge in [-0.1, -0.05) is 27.2 Å². The minimum absolute atomic E-state index is 0.0351. The fourth-order valence-corrected chi connectivity index (χ4v) is 10.1. The summed E-state index contributed by atoms with van der Waals surface area (Å²) in [6.45, 7) is 6.77. The van der Waals surface area contributed by atoms with Gasteiger partial charge < -0.3 is 30.6 Å². The summed E-state index contributed by atoms with van der Waals surface area (Å²) in [5.74, 6) is 0.593. The molecule has 5 aliphatic rings. The van der Waals surface area contributed by atoms with Crippen LogP contribution in [0.2, 0.25) is 0 Å². The maximum atomic E-state index is 12.3. The van der Waals surface area contributed by atoms with Crippen LogP contribution in [0.15, 0.2) is 0 Å². The molecule has 5 rings (SSSR count). The molecule has 0 aromatic heterocycles. The van der Waals surface area contributed by atoms with Gasteiger partial charge >= 0.3 is 0 Å². The van der Waals surface area contributed by atoms with Gasteiger partial charge in [-0.25, -0.2) is 0 Å². The van der Waals surface area contributed by atoms with Crippen LogP contribution in [0.3, 0.4) is 0 Å². The van der Waals surface area contributed by atoms with Crippen molar-refractivity contribution in [1.82, 2.24) is 0 Å². The van der Waals surface area contributed by atoms with Gasteiger partial charge in [0.15, 0.2) is 0 Å². The Hall–Kier alpha value is -0.240. The van der Waals surface area contributed by atoms with Crippen LogP contribution >= 0.6 is 0 Å². The lowest BCUT2D eigenvalue weighted by Crippen LogP contribution is -2.68. The minimum Gasteiger partial charge on any atom is -0.396 e. The summed E-state index contributed by atoms with van der Waals surface area (Å²) in [4.78, 5) is 0. The number of aliphatic hydroxyl groups is 6. The highest BCUT2D eigenvalue weighted by Gasteiger charge is 2.72. The summed E-state index contributed by atoms with van der Waals surface area (Å²) in [5.41, 5.74) is -1.87. The predicted molar refractivity (Wildman–Crippen MR) is 124 cm³/mol. The molecule has 0 aliphatic heterocycles. The summed E-state index contributed by atoms with van der Waals surface area (Å²) in [6.07, 6.45) is 4.07. The Labute approximate surface area is 198 Å². The Kier molecular flexibility index (Phi) is 6.03. The van der Waals surface area contributed by atoms with E-state index in [1.165, 1.54) is 0 Å². The van der Waals surface area contributed by atoms with Crippen LogP contribution in [0.1, 0.15) is 78.6 Å². The van der Waals surface area contributed by atoms with E-state index in [-0.39, 0.29) is 47.5 Å². The molecule has 0 bridgehead atoms. The number of hydrogen-bond acceptors (Lipinski definition) is 6. The van der Waals surface area contributed by atoms with E-state index < -0.39 is 35.9 Å². The third-order valence-electron chi connectivity index (χ3n) is 11.7. The third-order valence-corrected chi connectivity index (χ3v) is 11.7. The molecule has 0 aromatic rings. The highest BCUT2D eigenvalue weighted by atomic mass is 16.3. The minimum atomic E-state index is -1.21. The van der Waals surface area contributed by atoms with Gasteiger partial charge in [0.05, 0.1) is 30.0 Å². The maximum Gasteiger partial charge on any atom is 0.0863 e. The van der Waals surface area contributed by atoms with Crippen LogP contribution in [0.25, 0.3) is 0 Å². The second kappa shape index (κ2) is 8.14. The summed E-state index contributed by atoms with van der Waals surface area (Å²) >= 11 is 0. The molecule has 0 unspecified atom stereocenters. The van der Waals surface area contributed by atoms with Crippen molar-refractivity contribution in [2.24, 2.45) is 52.3 Å². The Morgan fingerprint density at radius 2 is 1.61 bits per heavy atom. The Bertz CT molecular complexity index is 746. The van der Waals surface area contributed by atoms with Crippen LogP contribution in [0.4, 0.5) is 0 Å². The molecule has 6 N–H and O–H groups in total. The number of aliphatic hydroxyl groups excluding tert-OH is 5. The molecule has 6 heteroatoms. The van der Waals surface area contributed by atoms with Crippen molar-refractivity contribution in [1.29, 1.82) is 0 Å².